The van der Waals surface area contributed by atoms with Gasteiger partial charge in [0.25, 0.3) is 0 Å². The van der Waals surface area contributed by atoms with Gasteiger partial charge in [-0.15, -0.1) is 0 Å². The van der Waals surface area contributed by atoms with E-state index in [0.29, 0.717) is 19.1 Å². The molecule has 1 aliphatic heterocycles. The van der Waals surface area contributed by atoms with Gasteiger partial charge in [0.15, 0.2) is 0 Å². The average molecular weight is 283 g/mol. The maximum absolute atomic E-state index is 11.6. The first kappa shape index (κ1) is 15.6. The molecule has 5 nitrogen and oxygen atoms in total. The molecule has 2 rings (SSSR count). The first-order valence-electron chi connectivity index (χ1n) is 7.81. The Kier molecular flexibility index (Phi) is 4.91. The van der Waals surface area contributed by atoms with Gasteiger partial charge < -0.3 is 15.8 Å². The first-order valence-corrected chi connectivity index (χ1v) is 7.81. The Morgan fingerprint density at radius 3 is 2.70 bits per heavy atom. The van der Waals surface area contributed by atoms with Crippen LogP contribution in [0, 0.1) is 5.92 Å². The maximum Gasteiger partial charge on any atom is 0.407 e. The summed E-state index contributed by atoms with van der Waals surface area (Å²) in [6, 6.07) is 1.12. The molecule has 1 heterocycles. The van der Waals surface area contributed by atoms with Crippen molar-refractivity contribution >= 4 is 6.09 Å². The van der Waals surface area contributed by atoms with Gasteiger partial charge in [0.2, 0.25) is 0 Å². The van der Waals surface area contributed by atoms with E-state index in [0.717, 1.165) is 18.4 Å². The third kappa shape index (κ3) is 4.09. The summed E-state index contributed by atoms with van der Waals surface area (Å²) >= 11 is 0. The minimum Gasteiger partial charge on any atom is -0.444 e. The fourth-order valence-corrected chi connectivity index (χ4v) is 3.48. The van der Waals surface area contributed by atoms with Crippen molar-refractivity contribution < 1.29 is 9.53 Å². The number of nitrogens with one attached hydrogen (secondary N) is 1. The Hall–Kier alpha value is -0.810. The molecule has 2 fully saturated rings. The largest absolute Gasteiger partial charge is 0.444 e. The molecule has 3 unspecified atom stereocenters. The van der Waals surface area contributed by atoms with Gasteiger partial charge in [0, 0.05) is 31.7 Å². The van der Waals surface area contributed by atoms with Crippen LogP contribution in [0.2, 0.25) is 0 Å². The van der Waals surface area contributed by atoms with E-state index in [4.69, 9.17) is 10.5 Å². The molecule has 0 radical (unpaired) electrons. The summed E-state index contributed by atoms with van der Waals surface area (Å²) in [6.07, 6.45) is 4.61. The molecule has 116 valence electrons. The van der Waals surface area contributed by atoms with E-state index in [1.54, 1.807) is 0 Å². The van der Waals surface area contributed by atoms with E-state index >= 15 is 0 Å². The number of piperidine rings is 1. The minimum absolute atomic E-state index is 0.337. The Morgan fingerprint density at radius 1 is 1.45 bits per heavy atom. The molecule has 0 aromatic heterocycles. The van der Waals surface area contributed by atoms with Gasteiger partial charge in [-0.3, -0.25) is 4.90 Å². The van der Waals surface area contributed by atoms with Gasteiger partial charge in [-0.05, 0) is 52.4 Å². The van der Waals surface area contributed by atoms with E-state index < -0.39 is 5.60 Å². The van der Waals surface area contributed by atoms with Gasteiger partial charge in [-0.25, -0.2) is 4.79 Å². The maximum atomic E-state index is 11.6. The predicted octanol–water partition coefficient (Wildman–Crippen LogP) is 1.71. The number of carbonyl (C=O) groups is 1. The Morgan fingerprint density at radius 2 is 2.20 bits per heavy atom. The van der Waals surface area contributed by atoms with E-state index in [1.807, 2.05) is 20.8 Å². The van der Waals surface area contributed by atoms with E-state index in [9.17, 15) is 4.79 Å². The molecule has 0 aromatic rings. The second kappa shape index (κ2) is 6.31. The highest BCUT2D eigenvalue weighted by Crippen LogP contribution is 2.38. The molecule has 0 spiro atoms. The van der Waals surface area contributed by atoms with Crippen molar-refractivity contribution in [3.8, 4) is 0 Å². The molecular formula is C15H29N3O2. The lowest BCUT2D eigenvalue weighted by Crippen LogP contribution is -2.46. The van der Waals surface area contributed by atoms with Gasteiger partial charge in [0.05, 0.1) is 0 Å². The van der Waals surface area contributed by atoms with Crippen molar-refractivity contribution in [3.63, 3.8) is 0 Å². The first-order chi connectivity index (χ1) is 9.39. The number of hydrogen-bond acceptors (Lipinski definition) is 4. The zero-order chi connectivity index (χ0) is 14.8. The molecule has 0 aromatic carbocycles. The van der Waals surface area contributed by atoms with Crippen molar-refractivity contribution in [2.75, 3.05) is 19.6 Å². The topological polar surface area (TPSA) is 67.6 Å². The number of ether oxygens (including phenoxy) is 1. The lowest BCUT2D eigenvalue weighted by atomic mass is 10.1. The fraction of sp³-hybridized carbons (Fsp3) is 0.933. The van der Waals surface area contributed by atoms with Crippen LogP contribution < -0.4 is 11.1 Å². The zero-order valence-electron chi connectivity index (χ0n) is 13.0. The number of likely N-dealkylation sites (tertiary alicyclic amines) is 1. The molecule has 2 aliphatic rings. The monoisotopic (exact) mass is 283 g/mol. The molecule has 1 amide bonds. The van der Waals surface area contributed by atoms with Crippen LogP contribution >= 0.6 is 0 Å². The normalized spacial score (nSPS) is 27.6. The number of nitrogens with zero attached hydrogens (tertiary/aromatic N) is 1. The van der Waals surface area contributed by atoms with Crippen LogP contribution in [0.1, 0.15) is 46.5 Å². The molecule has 1 saturated heterocycles. The van der Waals surface area contributed by atoms with Crippen molar-refractivity contribution in [2.24, 2.45) is 11.7 Å². The lowest BCUT2D eigenvalue weighted by Gasteiger charge is -2.34. The van der Waals surface area contributed by atoms with Crippen LogP contribution in [0.5, 0.6) is 0 Å². The quantitative estimate of drug-likeness (QED) is 0.806. The molecule has 2 bridgehead atoms. The molecule has 1 aliphatic carbocycles. The Labute approximate surface area is 122 Å². The SMILES string of the molecule is CC(C)(C)OC(=O)NCCC(CN)N1CC2CCC1C2. The van der Waals surface area contributed by atoms with Crippen LogP contribution in [-0.4, -0.2) is 48.3 Å². The van der Waals surface area contributed by atoms with Gasteiger partial charge in [-0.1, -0.05) is 0 Å². The van der Waals surface area contributed by atoms with E-state index in [1.165, 1.54) is 25.8 Å². The van der Waals surface area contributed by atoms with Gasteiger partial charge >= 0.3 is 6.09 Å². The summed E-state index contributed by atoms with van der Waals surface area (Å²) in [6.45, 7) is 8.10. The molecule has 20 heavy (non-hydrogen) atoms. The smallest absolute Gasteiger partial charge is 0.407 e. The van der Waals surface area contributed by atoms with E-state index in [2.05, 4.69) is 10.2 Å². The molecular weight excluding hydrogens is 254 g/mol. The summed E-state index contributed by atoms with van der Waals surface area (Å²) in [5.74, 6) is 0.882. The standard InChI is InChI=1S/C15H29N3O2/c1-15(2,3)20-14(19)17-7-6-13(9-16)18-10-11-4-5-12(18)8-11/h11-13H,4-10,16H2,1-3H3,(H,17,19). The van der Waals surface area contributed by atoms with Crippen molar-refractivity contribution in [3.05, 3.63) is 0 Å². The highest BCUT2D eigenvalue weighted by molar-refractivity contribution is 5.67. The highest BCUT2D eigenvalue weighted by Gasteiger charge is 2.40. The number of alkyl carbamates (subject to hydrolysis) is 1. The predicted molar refractivity (Wildman–Crippen MR) is 79.5 cm³/mol. The molecule has 3 atom stereocenters. The van der Waals surface area contributed by atoms with Crippen LogP contribution in [0.3, 0.4) is 0 Å². The number of carbonyl (C=O) groups excluding carboxylic acids is 1. The number of fused-ring (bicyclic) bond motifs is 2. The van der Waals surface area contributed by atoms with Crippen LogP contribution in [0.25, 0.3) is 0 Å². The van der Waals surface area contributed by atoms with Crippen LogP contribution in [0.4, 0.5) is 4.79 Å². The number of amides is 1. The third-order valence-corrected chi connectivity index (χ3v) is 4.34. The zero-order valence-corrected chi connectivity index (χ0v) is 13.0. The van der Waals surface area contributed by atoms with E-state index in [-0.39, 0.29) is 6.09 Å². The summed E-state index contributed by atoms with van der Waals surface area (Å²) in [7, 11) is 0. The number of hydrogen-bond donors (Lipinski definition) is 2. The summed E-state index contributed by atoms with van der Waals surface area (Å²) < 4.78 is 5.23. The van der Waals surface area contributed by atoms with Crippen molar-refractivity contribution in [1.29, 1.82) is 0 Å². The minimum atomic E-state index is -0.439. The number of nitrogens with two attached hydrogens (primary N) is 1. The molecule has 3 N–H and O–H groups in total. The fourth-order valence-electron chi connectivity index (χ4n) is 3.48. The highest BCUT2D eigenvalue weighted by atomic mass is 16.6. The van der Waals surface area contributed by atoms with Crippen LogP contribution in [0.15, 0.2) is 0 Å². The second-order valence-corrected chi connectivity index (χ2v) is 7.14. The summed E-state index contributed by atoms with van der Waals surface area (Å²) in [5, 5.41) is 2.83. The summed E-state index contributed by atoms with van der Waals surface area (Å²) in [4.78, 5) is 14.2. The van der Waals surface area contributed by atoms with Gasteiger partial charge in [0.1, 0.15) is 5.60 Å². The van der Waals surface area contributed by atoms with Gasteiger partial charge in [-0.2, -0.15) is 0 Å². The summed E-state index contributed by atoms with van der Waals surface area (Å²) in [5.41, 5.74) is 5.48. The second-order valence-electron chi connectivity index (χ2n) is 7.14. The van der Waals surface area contributed by atoms with Crippen molar-refractivity contribution in [2.45, 2.75) is 64.1 Å². The molecule has 1 saturated carbocycles. The third-order valence-electron chi connectivity index (χ3n) is 4.34. The Bertz CT molecular complexity index is 341. The van der Waals surface area contributed by atoms with Crippen molar-refractivity contribution in [1.82, 2.24) is 10.2 Å². The average Bonchev–Trinajstić information content (AvgIpc) is 2.94. The van der Waals surface area contributed by atoms with Crippen LogP contribution in [-0.2, 0) is 4.74 Å². The molecule has 5 heteroatoms. The Balaban J connectivity index is 1.70. The lowest BCUT2D eigenvalue weighted by molar-refractivity contribution is 0.0519. The number of rotatable bonds is 5.